The van der Waals surface area contributed by atoms with E-state index in [1.165, 1.54) is 0 Å². The van der Waals surface area contributed by atoms with Gasteiger partial charge in [0, 0.05) is 0 Å². The first-order valence-electron chi connectivity index (χ1n) is 5.84. The number of nitrogens with zero attached hydrogens (tertiary/aromatic N) is 3. The minimum atomic E-state index is -0.895. The first-order chi connectivity index (χ1) is 8.15. The van der Waals surface area contributed by atoms with Gasteiger partial charge >= 0.3 is 0 Å². The maximum Gasteiger partial charge on any atom is 0.105 e. The fourth-order valence-electron chi connectivity index (χ4n) is 1.98. The van der Waals surface area contributed by atoms with Crippen molar-refractivity contribution < 1.29 is 5.11 Å². The van der Waals surface area contributed by atoms with Crippen molar-refractivity contribution in [2.45, 2.75) is 32.3 Å². The molecule has 0 spiro atoms. The second-order valence-electron chi connectivity index (χ2n) is 4.39. The summed E-state index contributed by atoms with van der Waals surface area (Å²) in [5, 5.41) is 18.4. The van der Waals surface area contributed by atoms with E-state index in [1.54, 1.807) is 17.8 Å². The highest BCUT2D eigenvalue weighted by Gasteiger charge is 2.27. The van der Waals surface area contributed by atoms with Gasteiger partial charge in [-0.25, -0.2) is 4.68 Å². The van der Waals surface area contributed by atoms with Crippen molar-refractivity contribution in [1.82, 2.24) is 15.0 Å². The van der Waals surface area contributed by atoms with Gasteiger partial charge in [-0.2, -0.15) is 0 Å². The van der Waals surface area contributed by atoms with E-state index in [4.69, 9.17) is 0 Å². The summed E-state index contributed by atoms with van der Waals surface area (Å²) in [4.78, 5) is 0. The molecule has 2 aromatic rings. The highest BCUT2D eigenvalue weighted by atomic mass is 16.3. The molecule has 90 valence electrons. The number of rotatable bonds is 4. The number of aliphatic hydroxyl groups is 1. The van der Waals surface area contributed by atoms with Crippen LogP contribution in [0.3, 0.4) is 0 Å². The largest absolute Gasteiger partial charge is 0.384 e. The van der Waals surface area contributed by atoms with Gasteiger partial charge < -0.3 is 5.11 Å². The summed E-state index contributed by atoms with van der Waals surface area (Å²) < 4.78 is 1.69. The molecule has 0 radical (unpaired) electrons. The van der Waals surface area contributed by atoms with Crippen LogP contribution in [0.5, 0.6) is 0 Å². The van der Waals surface area contributed by atoms with Crippen molar-refractivity contribution in [2.24, 2.45) is 0 Å². The summed E-state index contributed by atoms with van der Waals surface area (Å²) in [6, 6.07) is 9.72. The fourth-order valence-corrected chi connectivity index (χ4v) is 1.98. The van der Waals surface area contributed by atoms with Crippen LogP contribution in [0.25, 0.3) is 5.69 Å². The van der Waals surface area contributed by atoms with Gasteiger partial charge in [-0.1, -0.05) is 36.8 Å². The highest BCUT2D eigenvalue weighted by molar-refractivity contribution is 5.32. The average molecular weight is 231 g/mol. The minimum Gasteiger partial charge on any atom is -0.384 e. The number of aromatic nitrogens is 3. The lowest BCUT2D eigenvalue weighted by Gasteiger charge is -2.22. The van der Waals surface area contributed by atoms with Gasteiger partial charge in [0.15, 0.2) is 0 Å². The van der Waals surface area contributed by atoms with Gasteiger partial charge in [-0.15, -0.1) is 5.10 Å². The second kappa shape index (κ2) is 4.67. The van der Waals surface area contributed by atoms with E-state index in [0.29, 0.717) is 6.42 Å². The van der Waals surface area contributed by atoms with Crippen molar-refractivity contribution in [3.05, 3.63) is 42.2 Å². The highest BCUT2D eigenvalue weighted by Crippen LogP contribution is 2.26. The van der Waals surface area contributed by atoms with E-state index in [0.717, 1.165) is 17.8 Å². The average Bonchev–Trinajstić information content (AvgIpc) is 2.79. The van der Waals surface area contributed by atoms with Crippen LogP contribution in [0.1, 0.15) is 32.4 Å². The Hall–Kier alpha value is -1.68. The molecular weight excluding hydrogens is 214 g/mol. The third-order valence-electron chi connectivity index (χ3n) is 2.84. The molecule has 4 nitrogen and oxygen atoms in total. The number of benzene rings is 1. The van der Waals surface area contributed by atoms with Gasteiger partial charge in [0.25, 0.3) is 0 Å². The van der Waals surface area contributed by atoms with Crippen LogP contribution >= 0.6 is 0 Å². The predicted molar refractivity (Wildman–Crippen MR) is 65.8 cm³/mol. The summed E-state index contributed by atoms with van der Waals surface area (Å²) in [6.45, 7) is 3.85. The van der Waals surface area contributed by atoms with Crippen molar-refractivity contribution in [3.8, 4) is 5.69 Å². The Balaban J connectivity index is 2.42. The number of hydrogen-bond donors (Lipinski definition) is 1. The Morgan fingerprint density at radius 1 is 1.29 bits per heavy atom. The molecule has 1 N–H and O–H groups in total. The van der Waals surface area contributed by atoms with Crippen LogP contribution in [0.2, 0.25) is 0 Å². The SMILES string of the molecule is CCCC(C)(O)c1cnnn1-c1ccccc1. The van der Waals surface area contributed by atoms with Crippen LogP contribution in [0.4, 0.5) is 0 Å². The molecule has 0 aliphatic heterocycles. The lowest BCUT2D eigenvalue weighted by Crippen LogP contribution is -2.24. The maximum absolute atomic E-state index is 10.4. The molecule has 4 heteroatoms. The monoisotopic (exact) mass is 231 g/mol. The molecule has 0 aliphatic carbocycles. The summed E-state index contributed by atoms with van der Waals surface area (Å²) in [6.07, 6.45) is 3.23. The molecule has 0 saturated heterocycles. The van der Waals surface area contributed by atoms with Gasteiger partial charge in [-0.05, 0) is 25.5 Å². The van der Waals surface area contributed by atoms with Gasteiger partial charge in [-0.3, -0.25) is 0 Å². The molecule has 1 heterocycles. The molecule has 0 saturated carbocycles. The van der Waals surface area contributed by atoms with Crippen LogP contribution in [0.15, 0.2) is 36.5 Å². The third-order valence-corrected chi connectivity index (χ3v) is 2.84. The maximum atomic E-state index is 10.4. The van der Waals surface area contributed by atoms with Crippen LogP contribution in [0, 0.1) is 0 Å². The summed E-state index contributed by atoms with van der Waals surface area (Å²) in [5.41, 5.74) is 0.746. The molecule has 0 amide bonds. The van der Waals surface area contributed by atoms with E-state index in [9.17, 15) is 5.11 Å². The fraction of sp³-hybridized carbons (Fsp3) is 0.385. The lowest BCUT2D eigenvalue weighted by atomic mass is 9.97. The van der Waals surface area contributed by atoms with E-state index < -0.39 is 5.60 Å². The van der Waals surface area contributed by atoms with E-state index in [-0.39, 0.29) is 0 Å². The second-order valence-corrected chi connectivity index (χ2v) is 4.39. The Labute approximate surface area is 101 Å². The van der Waals surface area contributed by atoms with Gasteiger partial charge in [0.2, 0.25) is 0 Å². The molecule has 2 rings (SSSR count). The first kappa shape index (κ1) is 11.8. The smallest absolute Gasteiger partial charge is 0.105 e. The lowest BCUT2D eigenvalue weighted by molar-refractivity contribution is 0.0400. The molecule has 1 aromatic heterocycles. The summed E-state index contributed by atoms with van der Waals surface area (Å²) in [5.74, 6) is 0. The summed E-state index contributed by atoms with van der Waals surface area (Å²) in [7, 11) is 0. The zero-order valence-electron chi connectivity index (χ0n) is 10.2. The Bertz CT molecular complexity index is 476. The normalized spacial score (nSPS) is 14.5. The van der Waals surface area contributed by atoms with Crippen molar-refractivity contribution >= 4 is 0 Å². The van der Waals surface area contributed by atoms with Crippen LogP contribution < -0.4 is 0 Å². The van der Waals surface area contributed by atoms with E-state index in [2.05, 4.69) is 10.3 Å². The Morgan fingerprint density at radius 2 is 2.00 bits per heavy atom. The number of para-hydroxylation sites is 1. The van der Waals surface area contributed by atoms with Crippen LogP contribution in [-0.2, 0) is 5.60 Å². The number of hydrogen-bond acceptors (Lipinski definition) is 3. The van der Waals surface area contributed by atoms with Crippen molar-refractivity contribution in [1.29, 1.82) is 0 Å². The van der Waals surface area contributed by atoms with Crippen molar-refractivity contribution in [3.63, 3.8) is 0 Å². The molecule has 1 aromatic carbocycles. The zero-order valence-corrected chi connectivity index (χ0v) is 10.2. The Morgan fingerprint density at radius 3 is 2.65 bits per heavy atom. The molecule has 1 atom stereocenters. The van der Waals surface area contributed by atoms with E-state index >= 15 is 0 Å². The molecular formula is C13H17N3O. The predicted octanol–water partition coefficient (Wildman–Crippen LogP) is 2.27. The quantitative estimate of drug-likeness (QED) is 0.878. The standard InChI is InChI=1S/C13H17N3O/c1-3-9-13(2,17)12-10-14-15-16(12)11-7-5-4-6-8-11/h4-8,10,17H,3,9H2,1-2H3. The minimum absolute atomic E-state index is 0.688. The molecule has 0 bridgehead atoms. The third kappa shape index (κ3) is 2.36. The van der Waals surface area contributed by atoms with Gasteiger partial charge in [0.1, 0.15) is 5.60 Å². The zero-order chi connectivity index (χ0) is 12.3. The summed E-state index contributed by atoms with van der Waals surface area (Å²) >= 11 is 0. The topological polar surface area (TPSA) is 50.9 Å². The molecule has 0 aliphatic rings. The van der Waals surface area contributed by atoms with E-state index in [1.807, 2.05) is 37.3 Å². The van der Waals surface area contributed by atoms with Crippen LogP contribution in [-0.4, -0.2) is 20.1 Å². The molecule has 0 fully saturated rings. The van der Waals surface area contributed by atoms with Crippen molar-refractivity contribution in [2.75, 3.05) is 0 Å². The Kier molecular flexibility index (Phi) is 3.24. The molecule has 17 heavy (non-hydrogen) atoms. The molecule has 1 unspecified atom stereocenters. The van der Waals surface area contributed by atoms with Gasteiger partial charge in [0.05, 0.1) is 17.6 Å². The first-order valence-corrected chi connectivity index (χ1v) is 5.84.